The molecule has 0 radical (unpaired) electrons. The Labute approximate surface area is 160 Å². The van der Waals surface area contributed by atoms with Gasteiger partial charge in [-0.15, -0.1) is 0 Å². The van der Waals surface area contributed by atoms with Crippen LogP contribution in [0.1, 0.15) is 24.2 Å². The molecule has 6 nitrogen and oxygen atoms in total. The topological polar surface area (TPSA) is 77.0 Å². The number of aliphatic hydroxyl groups excluding tert-OH is 1. The first-order valence-corrected chi connectivity index (χ1v) is 9.03. The predicted octanol–water partition coefficient (Wildman–Crippen LogP) is 2.64. The molecule has 0 aliphatic rings. The second-order valence-corrected chi connectivity index (χ2v) is 5.99. The molecular formula is C21H27NO5. The molecule has 0 aromatic heterocycles. The minimum Gasteiger partial charge on any atom is -0.494 e. The van der Waals surface area contributed by atoms with Crippen molar-refractivity contribution >= 4 is 5.91 Å². The van der Waals surface area contributed by atoms with E-state index in [-0.39, 0.29) is 31.8 Å². The van der Waals surface area contributed by atoms with Gasteiger partial charge in [0, 0.05) is 6.54 Å². The third-order valence-electron chi connectivity index (χ3n) is 3.85. The molecule has 27 heavy (non-hydrogen) atoms. The summed E-state index contributed by atoms with van der Waals surface area (Å²) in [5.41, 5.74) is 2.09. The molecule has 0 saturated heterocycles. The molecule has 0 bridgehead atoms. The minimum atomic E-state index is -0.327. The largest absolute Gasteiger partial charge is 0.494 e. The number of aryl methyl sites for hydroxylation is 1. The second kappa shape index (κ2) is 11.2. The summed E-state index contributed by atoms with van der Waals surface area (Å²) in [6, 6.07) is 15.0. The Balaban J connectivity index is 1.82. The lowest BCUT2D eigenvalue weighted by Gasteiger charge is -2.19. The van der Waals surface area contributed by atoms with Gasteiger partial charge in [-0.1, -0.05) is 29.8 Å². The Kier molecular flexibility index (Phi) is 8.61. The van der Waals surface area contributed by atoms with E-state index in [4.69, 9.17) is 19.3 Å². The molecule has 2 N–H and O–H groups in total. The number of hydrogen-bond donors (Lipinski definition) is 2. The van der Waals surface area contributed by atoms with Crippen LogP contribution in [-0.4, -0.2) is 44.0 Å². The van der Waals surface area contributed by atoms with E-state index in [2.05, 4.69) is 5.32 Å². The molecular weight excluding hydrogens is 346 g/mol. The van der Waals surface area contributed by atoms with Gasteiger partial charge in [0.2, 0.25) is 0 Å². The van der Waals surface area contributed by atoms with E-state index in [0.29, 0.717) is 18.9 Å². The second-order valence-electron chi connectivity index (χ2n) is 5.99. The zero-order valence-electron chi connectivity index (χ0n) is 15.8. The van der Waals surface area contributed by atoms with E-state index >= 15 is 0 Å². The highest BCUT2D eigenvalue weighted by Gasteiger charge is 2.14. The van der Waals surface area contributed by atoms with Gasteiger partial charge in [-0.2, -0.15) is 0 Å². The van der Waals surface area contributed by atoms with Gasteiger partial charge in [0.05, 0.1) is 25.9 Å². The Morgan fingerprint density at radius 3 is 2.26 bits per heavy atom. The molecule has 2 aromatic carbocycles. The van der Waals surface area contributed by atoms with Gasteiger partial charge >= 0.3 is 0 Å². The molecule has 146 valence electrons. The fourth-order valence-electron chi connectivity index (χ4n) is 2.45. The minimum absolute atomic E-state index is 0.0723. The maximum Gasteiger partial charge on any atom is 0.258 e. The van der Waals surface area contributed by atoms with Crippen molar-refractivity contribution < 1.29 is 24.1 Å². The van der Waals surface area contributed by atoms with Crippen molar-refractivity contribution in [2.45, 2.75) is 20.0 Å². The SMILES string of the molecule is CCOc1ccc(OCC(=O)NCC(OCCO)c2ccc(C)cc2)cc1. The number of aliphatic hydroxyl groups is 1. The number of carbonyl (C=O) groups is 1. The third-order valence-corrected chi connectivity index (χ3v) is 3.85. The number of nitrogens with one attached hydrogen (secondary N) is 1. The van der Waals surface area contributed by atoms with Gasteiger partial charge in [0.25, 0.3) is 5.91 Å². The lowest BCUT2D eigenvalue weighted by molar-refractivity contribution is -0.123. The molecule has 1 amide bonds. The van der Waals surface area contributed by atoms with Gasteiger partial charge < -0.3 is 24.6 Å². The highest BCUT2D eigenvalue weighted by molar-refractivity contribution is 5.77. The Hall–Kier alpha value is -2.57. The molecule has 2 aromatic rings. The van der Waals surface area contributed by atoms with Gasteiger partial charge in [-0.05, 0) is 43.7 Å². The van der Waals surface area contributed by atoms with Crippen LogP contribution in [0.2, 0.25) is 0 Å². The number of rotatable bonds is 11. The van der Waals surface area contributed by atoms with Crippen LogP contribution in [0.15, 0.2) is 48.5 Å². The van der Waals surface area contributed by atoms with E-state index in [1.807, 2.05) is 38.1 Å². The smallest absolute Gasteiger partial charge is 0.258 e. The monoisotopic (exact) mass is 373 g/mol. The Bertz CT molecular complexity index is 685. The van der Waals surface area contributed by atoms with Crippen molar-refractivity contribution in [1.82, 2.24) is 5.32 Å². The molecule has 1 atom stereocenters. The van der Waals surface area contributed by atoms with Crippen LogP contribution >= 0.6 is 0 Å². The number of carbonyl (C=O) groups excluding carboxylic acids is 1. The summed E-state index contributed by atoms with van der Waals surface area (Å²) >= 11 is 0. The molecule has 0 aliphatic heterocycles. The zero-order chi connectivity index (χ0) is 19.5. The summed E-state index contributed by atoms with van der Waals surface area (Å²) in [5, 5.41) is 11.8. The molecule has 0 aliphatic carbocycles. The third kappa shape index (κ3) is 7.29. The van der Waals surface area contributed by atoms with Crippen LogP contribution < -0.4 is 14.8 Å². The van der Waals surface area contributed by atoms with Crippen molar-refractivity contribution in [1.29, 1.82) is 0 Å². The van der Waals surface area contributed by atoms with E-state index < -0.39 is 0 Å². The lowest BCUT2D eigenvalue weighted by atomic mass is 10.1. The maximum atomic E-state index is 12.1. The number of ether oxygens (including phenoxy) is 3. The molecule has 0 saturated carbocycles. The molecule has 1 unspecified atom stereocenters. The first-order chi connectivity index (χ1) is 13.1. The van der Waals surface area contributed by atoms with Crippen molar-refractivity contribution in [3.63, 3.8) is 0 Å². The summed E-state index contributed by atoms with van der Waals surface area (Å²) in [7, 11) is 0. The average Bonchev–Trinajstić information content (AvgIpc) is 2.68. The van der Waals surface area contributed by atoms with Crippen molar-refractivity contribution in [3.8, 4) is 11.5 Å². The normalized spacial score (nSPS) is 11.7. The maximum absolute atomic E-state index is 12.1. The average molecular weight is 373 g/mol. The van der Waals surface area contributed by atoms with Crippen LogP contribution in [-0.2, 0) is 9.53 Å². The van der Waals surface area contributed by atoms with Gasteiger partial charge in [-0.25, -0.2) is 0 Å². The van der Waals surface area contributed by atoms with E-state index in [1.54, 1.807) is 24.3 Å². The molecule has 0 fully saturated rings. The zero-order valence-corrected chi connectivity index (χ0v) is 15.8. The highest BCUT2D eigenvalue weighted by atomic mass is 16.5. The molecule has 0 heterocycles. The fourth-order valence-corrected chi connectivity index (χ4v) is 2.45. The first kappa shape index (κ1) is 20.7. The Morgan fingerprint density at radius 2 is 1.67 bits per heavy atom. The standard InChI is InChI=1S/C21H27NO5/c1-3-25-18-8-10-19(11-9-18)27-15-21(24)22-14-20(26-13-12-23)17-6-4-16(2)5-7-17/h4-11,20,23H,3,12-15H2,1-2H3,(H,22,24). The summed E-state index contributed by atoms with van der Waals surface area (Å²) in [5.74, 6) is 1.12. The quantitative estimate of drug-likeness (QED) is 0.633. The summed E-state index contributed by atoms with van der Waals surface area (Å²) < 4.78 is 16.5. The van der Waals surface area contributed by atoms with Crippen LogP contribution in [0.3, 0.4) is 0 Å². The van der Waals surface area contributed by atoms with Gasteiger partial charge in [-0.3, -0.25) is 4.79 Å². The van der Waals surface area contributed by atoms with E-state index in [1.165, 1.54) is 0 Å². The van der Waals surface area contributed by atoms with Crippen LogP contribution in [0.4, 0.5) is 0 Å². The number of amides is 1. The Morgan fingerprint density at radius 1 is 1.04 bits per heavy atom. The van der Waals surface area contributed by atoms with Crippen LogP contribution in [0, 0.1) is 6.92 Å². The summed E-state index contributed by atoms with van der Waals surface area (Å²) in [6.45, 7) is 4.87. The number of hydrogen-bond acceptors (Lipinski definition) is 5. The fraction of sp³-hybridized carbons (Fsp3) is 0.381. The van der Waals surface area contributed by atoms with Gasteiger partial charge in [0.1, 0.15) is 11.5 Å². The molecule has 0 spiro atoms. The summed E-state index contributed by atoms with van der Waals surface area (Å²) in [6.07, 6.45) is -0.327. The predicted molar refractivity (Wildman–Crippen MR) is 103 cm³/mol. The number of benzene rings is 2. The summed E-state index contributed by atoms with van der Waals surface area (Å²) in [4.78, 5) is 12.1. The molecule has 2 rings (SSSR count). The van der Waals surface area contributed by atoms with Crippen molar-refractivity contribution in [2.75, 3.05) is 33.0 Å². The first-order valence-electron chi connectivity index (χ1n) is 9.03. The van der Waals surface area contributed by atoms with Crippen LogP contribution in [0.25, 0.3) is 0 Å². The molecule has 6 heteroatoms. The van der Waals surface area contributed by atoms with E-state index in [0.717, 1.165) is 16.9 Å². The van der Waals surface area contributed by atoms with E-state index in [9.17, 15) is 4.79 Å². The lowest BCUT2D eigenvalue weighted by Crippen LogP contribution is -2.33. The highest BCUT2D eigenvalue weighted by Crippen LogP contribution is 2.18. The van der Waals surface area contributed by atoms with Gasteiger partial charge in [0.15, 0.2) is 6.61 Å². The van der Waals surface area contributed by atoms with Crippen LogP contribution in [0.5, 0.6) is 11.5 Å². The van der Waals surface area contributed by atoms with Crippen molar-refractivity contribution in [2.24, 2.45) is 0 Å². The van der Waals surface area contributed by atoms with Crippen molar-refractivity contribution in [3.05, 3.63) is 59.7 Å².